The summed E-state index contributed by atoms with van der Waals surface area (Å²) >= 11 is 4.55. The van der Waals surface area contributed by atoms with Crippen molar-refractivity contribution in [1.82, 2.24) is 5.32 Å². The summed E-state index contributed by atoms with van der Waals surface area (Å²) < 4.78 is 24.9. The molecule has 1 unspecified atom stereocenters. The van der Waals surface area contributed by atoms with E-state index < -0.39 is 12.0 Å². The first-order valence-electron chi connectivity index (χ1n) is 3.49. The number of allylic oxidation sites excluding steroid dienone is 2. The first kappa shape index (κ1) is 9.32. The SMILES string of the molecule is CC1=CNC(C=S)(C(F)F)C=C1. The molecule has 0 spiro atoms. The molecule has 0 radical (unpaired) electrons. The van der Waals surface area contributed by atoms with Crippen LogP contribution in [0.4, 0.5) is 8.78 Å². The maximum absolute atomic E-state index is 12.5. The lowest BCUT2D eigenvalue weighted by Gasteiger charge is -2.28. The van der Waals surface area contributed by atoms with Gasteiger partial charge in [-0.05, 0) is 18.6 Å². The highest BCUT2D eigenvalue weighted by atomic mass is 32.1. The smallest absolute Gasteiger partial charge is 0.269 e. The predicted molar refractivity (Wildman–Crippen MR) is 48.4 cm³/mol. The molecule has 1 heterocycles. The zero-order valence-electron chi connectivity index (χ0n) is 6.55. The van der Waals surface area contributed by atoms with Crippen LogP contribution in [0.2, 0.25) is 0 Å². The van der Waals surface area contributed by atoms with E-state index in [1.54, 1.807) is 6.08 Å². The average molecular weight is 189 g/mol. The molecular weight excluding hydrogens is 180 g/mol. The molecular formula is C8H9F2NS. The second-order valence-corrected chi connectivity index (χ2v) is 2.95. The van der Waals surface area contributed by atoms with Gasteiger partial charge < -0.3 is 5.32 Å². The van der Waals surface area contributed by atoms with E-state index in [9.17, 15) is 8.78 Å². The molecule has 0 saturated carbocycles. The average Bonchev–Trinajstić information content (AvgIpc) is 2.06. The molecule has 1 nitrogen and oxygen atoms in total. The van der Waals surface area contributed by atoms with E-state index in [1.807, 2.05) is 6.92 Å². The van der Waals surface area contributed by atoms with Crippen molar-refractivity contribution in [3.8, 4) is 0 Å². The molecule has 66 valence electrons. The van der Waals surface area contributed by atoms with Crippen molar-refractivity contribution in [1.29, 1.82) is 0 Å². The van der Waals surface area contributed by atoms with E-state index in [1.165, 1.54) is 12.3 Å². The zero-order valence-corrected chi connectivity index (χ0v) is 7.37. The highest BCUT2D eigenvalue weighted by Crippen LogP contribution is 2.20. The minimum atomic E-state index is -2.52. The Morgan fingerprint density at radius 2 is 2.33 bits per heavy atom. The Balaban J connectivity index is 2.87. The minimum Gasteiger partial charge on any atom is -0.373 e. The van der Waals surface area contributed by atoms with Crippen LogP contribution in [0.5, 0.6) is 0 Å². The Morgan fingerprint density at radius 1 is 1.67 bits per heavy atom. The van der Waals surface area contributed by atoms with E-state index in [-0.39, 0.29) is 0 Å². The number of thiocarbonyl (C=S) groups is 1. The molecule has 1 aliphatic heterocycles. The van der Waals surface area contributed by atoms with Crippen LogP contribution in [0, 0.1) is 0 Å². The molecule has 0 aromatic carbocycles. The van der Waals surface area contributed by atoms with Gasteiger partial charge in [0.1, 0.15) is 5.54 Å². The molecule has 0 aliphatic carbocycles. The molecule has 1 atom stereocenters. The van der Waals surface area contributed by atoms with Crippen LogP contribution < -0.4 is 5.32 Å². The number of halogens is 2. The highest BCUT2D eigenvalue weighted by molar-refractivity contribution is 7.79. The Morgan fingerprint density at radius 3 is 2.67 bits per heavy atom. The third kappa shape index (κ3) is 1.53. The first-order valence-corrected chi connectivity index (χ1v) is 3.96. The van der Waals surface area contributed by atoms with Crippen LogP contribution in [-0.4, -0.2) is 17.3 Å². The van der Waals surface area contributed by atoms with Crippen LogP contribution in [0.1, 0.15) is 6.92 Å². The van der Waals surface area contributed by atoms with Crippen molar-refractivity contribution in [2.24, 2.45) is 0 Å². The summed E-state index contributed by atoms with van der Waals surface area (Å²) in [6.45, 7) is 1.82. The third-order valence-electron chi connectivity index (χ3n) is 1.73. The Labute approximate surface area is 75.1 Å². The Hall–Kier alpha value is -0.770. The summed E-state index contributed by atoms with van der Waals surface area (Å²) in [5.41, 5.74) is -0.544. The van der Waals surface area contributed by atoms with Gasteiger partial charge in [-0.15, -0.1) is 0 Å². The number of hydrogen-bond donors (Lipinski definition) is 1. The first-order chi connectivity index (χ1) is 5.60. The summed E-state index contributed by atoms with van der Waals surface area (Å²) in [7, 11) is 0. The second kappa shape index (κ2) is 3.31. The summed E-state index contributed by atoms with van der Waals surface area (Å²) in [5.74, 6) is 0. The van der Waals surface area contributed by atoms with Crippen LogP contribution >= 0.6 is 12.2 Å². The van der Waals surface area contributed by atoms with E-state index in [2.05, 4.69) is 17.5 Å². The van der Waals surface area contributed by atoms with Gasteiger partial charge in [-0.3, -0.25) is 0 Å². The molecule has 0 aromatic rings. The lowest BCUT2D eigenvalue weighted by Crippen LogP contribution is -2.49. The summed E-state index contributed by atoms with van der Waals surface area (Å²) in [4.78, 5) is 0. The normalized spacial score (nSPS) is 28.2. The Bertz CT molecular complexity index is 247. The van der Waals surface area contributed by atoms with Gasteiger partial charge in [0.25, 0.3) is 6.43 Å². The fraction of sp³-hybridized carbons (Fsp3) is 0.375. The summed E-state index contributed by atoms with van der Waals surface area (Å²) in [6.07, 6.45) is 2.04. The van der Waals surface area contributed by atoms with Gasteiger partial charge in [-0.1, -0.05) is 18.3 Å². The molecule has 1 N–H and O–H groups in total. The number of dihydropyridines is 1. The van der Waals surface area contributed by atoms with Crippen LogP contribution in [0.25, 0.3) is 0 Å². The molecule has 1 rings (SSSR count). The summed E-state index contributed by atoms with van der Waals surface area (Å²) in [6, 6.07) is 0. The molecule has 4 heteroatoms. The topological polar surface area (TPSA) is 12.0 Å². The monoisotopic (exact) mass is 189 g/mol. The molecule has 0 amide bonds. The van der Waals surface area contributed by atoms with Gasteiger partial charge in [0.15, 0.2) is 0 Å². The molecule has 0 fully saturated rings. The molecule has 0 aromatic heterocycles. The largest absolute Gasteiger partial charge is 0.373 e. The fourth-order valence-corrected chi connectivity index (χ4v) is 1.11. The predicted octanol–water partition coefficient (Wildman–Crippen LogP) is 2.05. The van der Waals surface area contributed by atoms with E-state index in [0.29, 0.717) is 0 Å². The highest BCUT2D eigenvalue weighted by Gasteiger charge is 2.35. The minimum absolute atomic E-state index is 0.906. The zero-order chi connectivity index (χ0) is 9.19. The van der Waals surface area contributed by atoms with Crippen molar-refractivity contribution in [2.45, 2.75) is 18.9 Å². The second-order valence-electron chi connectivity index (χ2n) is 2.72. The van der Waals surface area contributed by atoms with Gasteiger partial charge in [0, 0.05) is 11.6 Å². The lowest BCUT2D eigenvalue weighted by molar-refractivity contribution is 0.101. The van der Waals surface area contributed by atoms with Crippen LogP contribution in [-0.2, 0) is 0 Å². The Kier molecular flexibility index (Phi) is 2.57. The standard InChI is InChI=1S/C8H9F2NS/c1-6-2-3-8(5-12,7(9)10)11-4-6/h2-5,7,11H,1H3. The van der Waals surface area contributed by atoms with Gasteiger partial charge in [-0.2, -0.15) is 0 Å². The number of rotatable bonds is 2. The number of nitrogens with one attached hydrogen (secondary N) is 1. The molecule has 12 heavy (non-hydrogen) atoms. The van der Waals surface area contributed by atoms with E-state index >= 15 is 0 Å². The van der Waals surface area contributed by atoms with Crippen molar-refractivity contribution in [2.75, 3.05) is 0 Å². The van der Waals surface area contributed by atoms with Crippen LogP contribution in [0.3, 0.4) is 0 Å². The van der Waals surface area contributed by atoms with Crippen molar-refractivity contribution in [3.05, 3.63) is 23.9 Å². The molecule has 0 saturated heterocycles. The van der Waals surface area contributed by atoms with Crippen molar-refractivity contribution >= 4 is 17.6 Å². The quantitative estimate of drug-likeness (QED) is 0.667. The van der Waals surface area contributed by atoms with E-state index in [0.717, 1.165) is 10.9 Å². The van der Waals surface area contributed by atoms with Gasteiger partial charge in [0.2, 0.25) is 0 Å². The number of hydrogen-bond acceptors (Lipinski definition) is 2. The molecule has 0 bridgehead atoms. The fourth-order valence-electron chi connectivity index (χ4n) is 0.865. The van der Waals surface area contributed by atoms with Gasteiger partial charge >= 0.3 is 0 Å². The van der Waals surface area contributed by atoms with Crippen LogP contribution in [0.15, 0.2) is 23.9 Å². The van der Waals surface area contributed by atoms with Crippen molar-refractivity contribution < 1.29 is 8.78 Å². The van der Waals surface area contributed by atoms with Crippen molar-refractivity contribution in [3.63, 3.8) is 0 Å². The van der Waals surface area contributed by atoms with Gasteiger partial charge in [0.05, 0.1) is 0 Å². The van der Waals surface area contributed by atoms with E-state index in [4.69, 9.17) is 0 Å². The molecule has 1 aliphatic rings. The maximum Gasteiger partial charge on any atom is 0.269 e. The van der Waals surface area contributed by atoms with Gasteiger partial charge in [-0.25, -0.2) is 8.78 Å². The summed E-state index contributed by atoms with van der Waals surface area (Å²) in [5, 5.41) is 3.63. The maximum atomic E-state index is 12.5. The third-order valence-corrected chi connectivity index (χ3v) is 2.12. The lowest BCUT2D eigenvalue weighted by atomic mass is 9.99. The number of alkyl halides is 2.